The second kappa shape index (κ2) is 7.63. The highest BCUT2D eigenvalue weighted by molar-refractivity contribution is 6.32. The molecule has 126 valence electrons. The molecule has 0 aliphatic rings. The molecule has 2 aromatic carbocycles. The third-order valence-electron chi connectivity index (χ3n) is 3.35. The lowest BCUT2D eigenvalue weighted by atomic mass is 10.3. The number of halogens is 1. The summed E-state index contributed by atoms with van der Waals surface area (Å²) in [5.41, 5.74) is 1.79. The van der Waals surface area contributed by atoms with Crippen LogP contribution in [-0.4, -0.2) is 23.0 Å². The lowest BCUT2D eigenvalue weighted by Crippen LogP contribution is -2.13. The minimum absolute atomic E-state index is 0.273. The molecule has 0 fully saturated rings. The number of para-hydroxylation sites is 1. The molecular weight excluding hydrogens is 340 g/mol. The molecule has 1 heterocycles. The third kappa shape index (κ3) is 4.24. The summed E-state index contributed by atoms with van der Waals surface area (Å²) in [6.07, 6.45) is 2.91. The smallest absolute Gasteiger partial charge is 0.258 e. The van der Waals surface area contributed by atoms with E-state index in [-0.39, 0.29) is 5.91 Å². The van der Waals surface area contributed by atoms with Crippen LogP contribution in [0.15, 0.2) is 60.9 Å². The van der Waals surface area contributed by atoms with Crippen LogP contribution in [0.5, 0.6) is 5.75 Å². The second-order valence-electron chi connectivity index (χ2n) is 5.09. The zero-order valence-corrected chi connectivity index (χ0v) is 14.1. The number of anilines is 3. The van der Waals surface area contributed by atoms with Crippen LogP contribution in [0.2, 0.25) is 5.02 Å². The highest BCUT2D eigenvalue weighted by Crippen LogP contribution is 2.28. The SMILES string of the molecule is COc1ccc(Nc2ncc(C(=O)Nc3ccccc3)cn2)cc1Cl. The van der Waals surface area contributed by atoms with Crippen molar-refractivity contribution < 1.29 is 9.53 Å². The van der Waals surface area contributed by atoms with Gasteiger partial charge < -0.3 is 15.4 Å². The number of rotatable bonds is 5. The highest BCUT2D eigenvalue weighted by Gasteiger charge is 2.08. The van der Waals surface area contributed by atoms with Crippen molar-refractivity contribution in [3.05, 3.63) is 71.5 Å². The number of hydrogen-bond acceptors (Lipinski definition) is 5. The number of carbonyl (C=O) groups excluding carboxylic acids is 1. The van der Waals surface area contributed by atoms with Crippen LogP contribution in [0.1, 0.15) is 10.4 Å². The van der Waals surface area contributed by atoms with E-state index in [0.29, 0.717) is 33.7 Å². The van der Waals surface area contributed by atoms with Crippen molar-refractivity contribution in [2.75, 3.05) is 17.7 Å². The number of hydrogen-bond donors (Lipinski definition) is 2. The first-order valence-corrected chi connectivity index (χ1v) is 7.82. The summed E-state index contributed by atoms with van der Waals surface area (Å²) in [5.74, 6) is 0.670. The normalized spacial score (nSPS) is 10.2. The van der Waals surface area contributed by atoms with Gasteiger partial charge in [0.2, 0.25) is 5.95 Å². The molecule has 2 N–H and O–H groups in total. The molecule has 0 saturated heterocycles. The van der Waals surface area contributed by atoms with E-state index in [1.54, 1.807) is 25.3 Å². The number of nitrogens with one attached hydrogen (secondary N) is 2. The Morgan fingerprint density at radius 2 is 1.76 bits per heavy atom. The summed E-state index contributed by atoms with van der Waals surface area (Å²) in [6.45, 7) is 0. The van der Waals surface area contributed by atoms with E-state index in [2.05, 4.69) is 20.6 Å². The summed E-state index contributed by atoms with van der Waals surface area (Å²) < 4.78 is 5.11. The van der Waals surface area contributed by atoms with Crippen molar-refractivity contribution >= 4 is 34.8 Å². The Morgan fingerprint density at radius 1 is 1.04 bits per heavy atom. The predicted octanol–water partition coefficient (Wildman–Crippen LogP) is 4.13. The third-order valence-corrected chi connectivity index (χ3v) is 3.65. The number of benzene rings is 2. The van der Waals surface area contributed by atoms with Crippen LogP contribution in [0.3, 0.4) is 0 Å². The van der Waals surface area contributed by atoms with Gasteiger partial charge in [0.05, 0.1) is 17.7 Å². The maximum Gasteiger partial charge on any atom is 0.258 e. The molecule has 0 bridgehead atoms. The van der Waals surface area contributed by atoms with Crippen molar-refractivity contribution in [1.29, 1.82) is 0 Å². The Labute approximate surface area is 149 Å². The molecule has 3 aromatic rings. The minimum Gasteiger partial charge on any atom is -0.495 e. The van der Waals surface area contributed by atoms with E-state index in [1.807, 2.05) is 30.3 Å². The van der Waals surface area contributed by atoms with Gasteiger partial charge in [-0.1, -0.05) is 29.8 Å². The molecule has 1 aromatic heterocycles. The Morgan fingerprint density at radius 3 is 2.40 bits per heavy atom. The lowest BCUT2D eigenvalue weighted by Gasteiger charge is -2.08. The van der Waals surface area contributed by atoms with Crippen LogP contribution in [0.25, 0.3) is 0 Å². The molecule has 0 unspecified atom stereocenters. The summed E-state index contributed by atoms with van der Waals surface area (Å²) in [4.78, 5) is 20.5. The quantitative estimate of drug-likeness (QED) is 0.720. The van der Waals surface area contributed by atoms with Crippen LogP contribution in [-0.2, 0) is 0 Å². The van der Waals surface area contributed by atoms with E-state index < -0.39 is 0 Å². The zero-order valence-electron chi connectivity index (χ0n) is 13.4. The summed E-state index contributed by atoms with van der Waals surface area (Å²) in [6, 6.07) is 14.4. The van der Waals surface area contributed by atoms with Crippen molar-refractivity contribution in [3.8, 4) is 5.75 Å². The Hall–Kier alpha value is -3.12. The first-order chi connectivity index (χ1) is 12.2. The van der Waals surface area contributed by atoms with Gasteiger partial charge in [-0.25, -0.2) is 9.97 Å². The molecule has 7 heteroatoms. The maximum atomic E-state index is 12.2. The number of nitrogens with zero attached hydrogens (tertiary/aromatic N) is 2. The standard InChI is InChI=1S/C18H15ClN4O2/c1-25-16-8-7-14(9-15(16)19)23-18-20-10-12(11-21-18)17(24)22-13-5-3-2-4-6-13/h2-11H,1H3,(H,22,24)(H,20,21,23). The van der Waals surface area contributed by atoms with Crippen LogP contribution < -0.4 is 15.4 Å². The first-order valence-electron chi connectivity index (χ1n) is 7.45. The second-order valence-corrected chi connectivity index (χ2v) is 5.50. The molecule has 0 atom stereocenters. The molecule has 0 spiro atoms. The summed E-state index contributed by atoms with van der Waals surface area (Å²) in [7, 11) is 1.55. The zero-order chi connectivity index (χ0) is 17.6. The molecule has 0 aliphatic heterocycles. The average molecular weight is 355 g/mol. The Balaban J connectivity index is 1.67. The van der Waals surface area contributed by atoms with Crippen molar-refractivity contribution in [2.45, 2.75) is 0 Å². The molecule has 6 nitrogen and oxygen atoms in total. The van der Waals surface area contributed by atoms with Gasteiger partial charge in [0.15, 0.2) is 0 Å². The van der Waals surface area contributed by atoms with Gasteiger partial charge in [0.1, 0.15) is 5.75 Å². The van der Waals surface area contributed by atoms with E-state index in [9.17, 15) is 4.79 Å². The molecule has 0 saturated carbocycles. The van der Waals surface area contributed by atoms with Gasteiger partial charge in [-0.3, -0.25) is 4.79 Å². The fourth-order valence-electron chi connectivity index (χ4n) is 2.11. The van der Waals surface area contributed by atoms with E-state index >= 15 is 0 Å². The Kier molecular flexibility index (Phi) is 5.11. The van der Waals surface area contributed by atoms with Gasteiger partial charge in [0, 0.05) is 23.8 Å². The van der Waals surface area contributed by atoms with Gasteiger partial charge in [0.25, 0.3) is 5.91 Å². The summed E-state index contributed by atoms with van der Waals surface area (Å²) >= 11 is 6.08. The monoisotopic (exact) mass is 354 g/mol. The van der Waals surface area contributed by atoms with Gasteiger partial charge in [-0.05, 0) is 30.3 Å². The van der Waals surface area contributed by atoms with Crippen LogP contribution >= 0.6 is 11.6 Å². The Bertz CT molecular complexity index is 870. The molecule has 0 radical (unpaired) electrons. The molecular formula is C18H15ClN4O2. The van der Waals surface area contributed by atoms with Crippen molar-refractivity contribution in [1.82, 2.24) is 9.97 Å². The van der Waals surface area contributed by atoms with Crippen molar-refractivity contribution in [3.63, 3.8) is 0 Å². The van der Waals surface area contributed by atoms with Gasteiger partial charge in [-0.15, -0.1) is 0 Å². The average Bonchev–Trinajstić information content (AvgIpc) is 2.63. The number of ether oxygens (including phenoxy) is 1. The summed E-state index contributed by atoms with van der Waals surface area (Å²) in [5, 5.41) is 6.27. The number of carbonyl (C=O) groups is 1. The largest absolute Gasteiger partial charge is 0.495 e. The molecule has 3 rings (SSSR count). The van der Waals surface area contributed by atoms with Crippen molar-refractivity contribution in [2.24, 2.45) is 0 Å². The molecule has 1 amide bonds. The van der Waals surface area contributed by atoms with E-state index in [1.165, 1.54) is 12.4 Å². The van der Waals surface area contributed by atoms with E-state index in [0.717, 1.165) is 0 Å². The van der Waals surface area contributed by atoms with Gasteiger partial charge in [-0.2, -0.15) is 0 Å². The predicted molar refractivity (Wildman–Crippen MR) is 97.7 cm³/mol. The van der Waals surface area contributed by atoms with Gasteiger partial charge >= 0.3 is 0 Å². The fraction of sp³-hybridized carbons (Fsp3) is 0.0556. The topological polar surface area (TPSA) is 76.1 Å². The highest BCUT2D eigenvalue weighted by atomic mass is 35.5. The van der Waals surface area contributed by atoms with Crippen LogP contribution in [0.4, 0.5) is 17.3 Å². The molecule has 25 heavy (non-hydrogen) atoms. The fourth-order valence-corrected chi connectivity index (χ4v) is 2.37. The number of aromatic nitrogens is 2. The number of amides is 1. The van der Waals surface area contributed by atoms with E-state index in [4.69, 9.17) is 16.3 Å². The minimum atomic E-state index is -0.273. The van der Waals surface area contributed by atoms with Crippen LogP contribution in [0, 0.1) is 0 Å². The number of methoxy groups -OCH3 is 1. The molecule has 0 aliphatic carbocycles. The maximum absolute atomic E-state index is 12.2. The lowest BCUT2D eigenvalue weighted by molar-refractivity contribution is 0.102. The first kappa shape index (κ1) is 16.7.